The summed E-state index contributed by atoms with van der Waals surface area (Å²) in [4.78, 5) is 8.89. The topological polar surface area (TPSA) is 67.4 Å². The molecule has 0 bridgehead atoms. The van der Waals surface area contributed by atoms with Crippen LogP contribution in [-0.2, 0) is 0 Å². The monoisotopic (exact) mass is 305 g/mol. The van der Waals surface area contributed by atoms with E-state index in [1.165, 1.54) is 0 Å². The molecule has 0 saturated carbocycles. The zero-order valence-corrected chi connectivity index (χ0v) is 12.4. The van der Waals surface area contributed by atoms with E-state index in [-0.39, 0.29) is 9.34 Å². The van der Waals surface area contributed by atoms with Gasteiger partial charge in [0.05, 0.1) is 29.1 Å². The first-order chi connectivity index (χ1) is 11.3. The lowest BCUT2D eigenvalue weighted by Crippen LogP contribution is -1.88. The molecule has 0 aliphatic carbocycles. The SMILES string of the molecule is [3H]Pn1nc(-c2ccc3ncccc3n2)c2cccc(C#N)c21. The van der Waals surface area contributed by atoms with Gasteiger partial charge in [-0.05, 0) is 39.7 Å². The third kappa shape index (κ3) is 1.86. The summed E-state index contributed by atoms with van der Waals surface area (Å²) in [5.74, 6) is 0. The van der Waals surface area contributed by atoms with E-state index in [1.807, 2.05) is 36.4 Å². The molecule has 22 heavy (non-hydrogen) atoms. The first kappa shape index (κ1) is 11.8. The van der Waals surface area contributed by atoms with Crippen molar-refractivity contribution in [3.05, 3.63) is 54.2 Å². The van der Waals surface area contributed by atoms with Gasteiger partial charge < -0.3 is 0 Å². The number of aromatic nitrogens is 4. The molecule has 104 valence electrons. The fourth-order valence-electron chi connectivity index (χ4n) is 2.53. The van der Waals surface area contributed by atoms with Crippen molar-refractivity contribution in [2.45, 2.75) is 0 Å². The zero-order valence-electron chi connectivity index (χ0n) is 12.4. The molecular weight excluding hydrogens is 293 g/mol. The molecule has 4 rings (SSSR count). The van der Waals surface area contributed by atoms with Crippen LogP contribution < -0.4 is 0 Å². The lowest BCUT2D eigenvalue weighted by Gasteiger charge is -2.00. The molecule has 0 aliphatic rings. The molecule has 0 N–H and O–H groups in total. The number of nitriles is 1. The van der Waals surface area contributed by atoms with Gasteiger partial charge in [0.2, 0.25) is 0 Å². The fourth-order valence-corrected chi connectivity index (χ4v) is 2.88. The standard InChI is InChI=1S/C16H10N5P/c17-9-10-3-1-4-11-15(20-21(22)16(10)11)14-7-6-12-13(19-14)5-2-8-18-12/h1-8H,22H2/i22T. The minimum Gasteiger partial charge on any atom is -0.255 e. The molecule has 0 aliphatic heterocycles. The lowest BCUT2D eigenvalue weighted by atomic mass is 10.1. The lowest BCUT2D eigenvalue weighted by molar-refractivity contribution is 1.04. The summed E-state index contributed by atoms with van der Waals surface area (Å²) in [6, 6.07) is 15.2. The van der Waals surface area contributed by atoms with Gasteiger partial charge in [-0.2, -0.15) is 10.4 Å². The number of pyridine rings is 2. The predicted molar refractivity (Wildman–Crippen MR) is 88.1 cm³/mol. The fraction of sp³-hybridized carbons (Fsp3) is 0. The maximum Gasteiger partial charge on any atom is 0.119 e. The minimum atomic E-state index is -0.305. The van der Waals surface area contributed by atoms with Crippen molar-refractivity contribution in [3.8, 4) is 17.5 Å². The van der Waals surface area contributed by atoms with Crippen LogP contribution in [0.3, 0.4) is 0 Å². The number of rotatable bonds is 2. The van der Waals surface area contributed by atoms with E-state index in [0.717, 1.165) is 16.4 Å². The van der Waals surface area contributed by atoms with Gasteiger partial charge in [0, 0.05) is 11.6 Å². The second-order valence-corrected chi connectivity index (χ2v) is 5.24. The van der Waals surface area contributed by atoms with Gasteiger partial charge in [-0.15, -0.1) is 0 Å². The van der Waals surface area contributed by atoms with Crippen LogP contribution in [0.1, 0.15) is 5.56 Å². The predicted octanol–water partition coefficient (Wildman–Crippen LogP) is 3.16. The highest BCUT2D eigenvalue weighted by Gasteiger charge is 2.15. The van der Waals surface area contributed by atoms with Crippen LogP contribution in [0.15, 0.2) is 48.7 Å². The molecule has 4 aromatic rings. The summed E-state index contributed by atoms with van der Waals surface area (Å²) >= 11 is 0. The van der Waals surface area contributed by atoms with Gasteiger partial charge in [-0.25, -0.2) is 9.44 Å². The zero-order chi connectivity index (χ0) is 15.8. The summed E-state index contributed by atoms with van der Waals surface area (Å²) in [7, 11) is -0.305. The summed E-state index contributed by atoms with van der Waals surface area (Å²) in [6.07, 6.45) is 1.73. The second kappa shape index (κ2) is 4.87. The van der Waals surface area contributed by atoms with Crippen LogP contribution in [0.2, 0.25) is 0 Å². The van der Waals surface area contributed by atoms with Crippen LogP contribution in [0.5, 0.6) is 0 Å². The Morgan fingerprint density at radius 2 is 2.09 bits per heavy atom. The average molecular weight is 305 g/mol. The van der Waals surface area contributed by atoms with Crippen LogP contribution in [0.4, 0.5) is 0 Å². The molecule has 1 aromatic carbocycles. The molecule has 1 atom stereocenters. The Kier molecular flexibility index (Phi) is 2.61. The minimum absolute atomic E-state index is 0.305. The van der Waals surface area contributed by atoms with Crippen molar-refractivity contribution in [1.29, 1.82) is 6.54 Å². The Hall–Kier alpha value is -2.83. The van der Waals surface area contributed by atoms with Crippen molar-refractivity contribution in [2.24, 2.45) is 0 Å². The molecule has 0 amide bonds. The molecule has 0 saturated heterocycles. The van der Waals surface area contributed by atoms with Gasteiger partial charge in [0.25, 0.3) is 0 Å². The molecular formula is C16H10N5P. The normalized spacial score (nSPS) is 12.0. The molecule has 0 spiro atoms. The molecule has 0 fully saturated rings. The summed E-state index contributed by atoms with van der Waals surface area (Å²) < 4.78 is 9.25. The summed E-state index contributed by atoms with van der Waals surface area (Å²) in [5, 5.41) is 14.6. The molecule has 1 unspecified atom stereocenters. The van der Waals surface area contributed by atoms with Crippen molar-refractivity contribution in [3.63, 3.8) is 0 Å². The van der Waals surface area contributed by atoms with Crippen LogP contribution in [-0.4, -0.2) is 20.8 Å². The van der Waals surface area contributed by atoms with E-state index in [0.29, 0.717) is 22.5 Å². The highest BCUT2D eigenvalue weighted by molar-refractivity contribution is 7.14. The highest BCUT2D eigenvalue weighted by atomic mass is 31.0. The van der Waals surface area contributed by atoms with Crippen LogP contribution >= 0.6 is 9.34 Å². The Labute approximate surface area is 129 Å². The molecule has 3 heterocycles. The van der Waals surface area contributed by atoms with Crippen molar-refractivity contribution in [2.75, 3.05) is 0 Å². The van der Waals surface area contributed by atoms with E-state index >= 15 is 0 Å². The van der Waals surface area contributed by atoms with E-state index in [4.69, 9.17) is 1.28 Å². The van der Waals surface area contributed by atoms with Gasteiger partial charge in [-0.3, -0.25) is 4.98 Å². The molecule has 0 radical (unpaired) electrons. The molecule has 6 heteroatoms. The Balaban J connectivity index is 2.03. The Morgan fingerprint density at radius 1 is 1.14 bits per heavy atom. The van der Waals surface area contributed by atoms with E-state index in [2.05, 4.69) is 21.1 Å². The third-order valence-corrected chi connectivity index (χ3v) is 3.85. The number of hydrogen-bond acceptors (Lipinski definition) is 4. The highest BCUT2D eigenvalue weighted by Crippen LogP contribution is 2.30. The van der Waals surface area contributed by atoms with Crippen LogP contribution in [0, 0.1) is 11.3 Å². The maximum absolute atomic E-state index is 9.30. The smallest absolute Gasteiger partial charge is 0.119 e. The first-order valence-corrected chi connectivity index (χ1v) is 7.08. The van der Waals surface area contributed by atoms with Crippen molar-refractivity contribution in [1.82, 2.24) is 19.5 Å². The van der Waals surface area contributed by atoms with E-state index < -0.39 is 0 Å². The number of fused-ring (bicyclic) bond motifs is 2. The number of benzene rings is 1. The summed E-state index contributed by atoms with van der Waals surface area (Å²) in [5.41, 5.74) is 4.21. The number of nitrogens with zero attached hydrogens (tertiary/aromatic N) is 5. The van der Waals surface area contributed by atoms with Crippen LogP contribution in [0.25, 0.3) is 33.3 Å². The van der Waals surface area contributed by atoms with Gasteiger partial charge in [0.1, 0.15) is 11.8 Å². The first-order valence-electron chi connectivity index (χ1n) is 7.13. The Morgan fingerprint density at radius 3 is 2.95 bits per heavy atom. The van der Waals surface area contributed by atoms with Crippen molar-refractivity contribution >= 4 is 31.3 Å². The number of para-hydroxylation sites is 1. The third-order valence-electron chi connectivity index (χ3n) is 3.52. The van der Waals surface area contributed by atoms with Crippen molar-refractivity contribution < 1.29 is 0 Å². The largest absolute Gasteiger partial charge is 0.255 e. The molecule has 5 nitrogen and oxygen atoms in total. The Bertz CT molecular complexity index is 1080. The van der Waals surface area contributed by atoms with E-state index in [9.17, 15) is 5.26 Å². The van der Waals surface area contributed by atoms with Gasteiger partial charge in [-0.1, -0.05) is 12.1 Å². The number of hydrogen-bond donors (Lipinski definition) is 0. The average Bonchev–Trinajstić information content (AvgIpc) is 3.00. The maximum atomic E-state index is 9.30. The van der Waals surface area contributed by atoms with Gasteiger partial charge in [0.15, 0.2) is 0 Å². The van der Waals surface area contributed by atoms with E-state index in [1.54, 1.807) is 16.7 Å². The van der Waals surface area contributed by atoms with Gasteiger partial charge >= 0.3 is 0 Å². The quantitative estimate of drug-likeness (QED) is 0.533. The molecule has 3 aromatic heterocycles. The summed E-state index contributed by atoms with van der Waals surface area (Å²) in [6.45, 7) is 0. The second-order valence-electron chi connectivity index (χ2n) is 4.81.